The van der Waals surface area contributed by atoms with Gasteiger partial charge in [-0.15, -0.1) is 0 Å². The van der Waals surface area contributed by atoms with Crippen molar-refractivity contribution in [2.24, 2.45) is 0 Å². The van der Waals surface area contributed by atoms with E-state index < -0.39 is 5.82 Å². The van der Waals surface area contributed by atoms with Crippen molar-refractivity contribution in [3.63, 3.8) is 0 Å². The maximum absolute atomic E-state index is 15.0. The Labute approximate surface area is 178 Å². The molecule has 1 heterocycles. The minimum atomic E-state index is -0.674. The maximum atomic E-state index is 15.0. The van der Waals surface area contributed by atoms with E-state index in [9.17, 15) is 9.18 Å². The first-order chi connectivity index (χ1) is 13.7. The summed E-state index contributed by atoms with van der Waals surface area (Å²) in [5.41, 5.74) is 9.59. The average molecular weight is 436 g/mol. The lowest BCUT2D eigenvalue weighted by molar-refractivity contribution is 0.0945. The highest BCUT2D eigenvalue weighted by molar-refractivity contribution is 6.32. The molecule has 0 unspecified atom stereocenters. The summed E-state index contributed by atoms with van der Waals surface area (Å²) in [6, 6.07) is 7.55. The van der Waals surface area contributed by atoms with Crippen LogP contribution in [0.3, 0.4) is 0 Å². The van der Waals surface area contributed by atoms with Crippen molar-refractivity contribution in [3.8, 4) is 11.5 Å². The standard InChI is InChI=1S/C21H20Cl2FN3O2/c1-10-11(2)19(27-12(10)3)21(28)26-9-13-4-5-17(23)20(18(13)24)29-16-7-14(22)6-15(25)8-16/h4-8,27H,9,25H2,1-3H3,(H,26,28). The molecule has 0 bridgehead atoms. The first-order valence-corrected chi connectivity index (χ1v) is 9.57. The summed E-state index contributed by atoms with van der Waals surface area (Å²) < 4.78 is 20.6. The number of aromatic nitrogens is 1. The quantitative estimate of drug-likeness (QED) is 0.450. The lowest BCUT2D eigenvalue weighted by Crippen LogP contribution is -2.24. The fourth-order valence-electron chi connectivity index (χ4n) is 2.90. The van der Waals surface area contributed by atoms with E-state index in [1.165, 1.54) is 24.3 Å². The average Bonchev–Trinajstić information content (AvgIpc) is 2.91. The molecular weight excluding hydrogens is 416 g/mol. The van der Waals surface area contributed by atoms with Crippen LogP contribution in [0.5, 0.6) is 11.5 Å². The molecule has 3 rings (SSSR count). The lowest BCUT2D eigenvalue weighted by Gasteiger charge is -2.13. The molecule has 0 spiro atoms. The van der Waals surface area contributed by atoms with Crippen molar-refractivity contribution in [3.05, 3.63) is 74.3 Å². The van der Waals surface area contributed by atoms with E-state index in [0.29, 0.717) is 16.4 Å². The molecule has 0 radical (unpaired) electrons. The van der Waals surface area contributed by atoms with E-state index in [1.54, 1.807) is 6.07 Å². The van der Waals surface area contributed by atoms with Crippen molar-refractivity contribution in [1.29, 1.82) is 0 Å². The van der Waals surface area contributed by atoms with Gasteiger partial charge in [0, 0.05) is 34.6 Å². The third-order valence-corrected chi connectivity index (χ3v) is 5.24. The van der Waals surface area contributed by atoms with Gasteiger partial charge in [-0.1, -0.05) is 29.3 Å². The fourth-order valence-corrected chi connectivity index (χ4v) is 3.32. The summed E-state index contributed by atoms with van der Waals surface area (Å²) >= 11 is 12.1. The summed E-state index contributed by atoms with van der Waals surface area (Å²) in [4.78, 5) is 15.5. The Kier molecular flexibility index (Phi) is 6.05. The second-order valence-corrected chi connectivity index (χ2v) is 7.57. The Bertz CT molecular complexity index is 1080. The normalized spacial score (nSPS) is 10.8. The molecule has 4 N–H and O–H groups in total. The summed E-state index contributed by atoms with van der Waals surface area (Å²) in [6.07, 6.45) is 0. The highest BCUT2D eigenvalue weighted by Crippen LogP contribution is 2.35. The molecule has 0 aliphatic heterocycles. The van der Waals surface area contributed by atoms with Crippen LogP contribution in [0.15, 0.2) is 30.3 Å². The van der Waals surface area contributed by atoms with Gasteiger partial charge in [0.15, 0.2) is 11.6 Å². The number of nitrogen functional groups attached to an aromatic ring is 1. The van der Waals surface area contributed by atoms with Crippen molar-refractivity contribution >= 4 is 34.8 Å². The van der Waals surface area contributed by atoms with Crippen LogP contribution in [0.1, 0.15) is 32.9 Å². The number of hydrogen-bond donors (Lipinski definition) is 3. The van der Waals surface area contributed by atoms with Crippen molar-refractivity contribution in [2.45, 2.75) is 27.3 Å². The van der Waals surface area contributed by atoms with Crippen LogP contribution in [0.2, 0.25) is 10.0 Å². The Morgan fingerprint density at radius 3 is 2.52 bits per heavy atom. The van der Waals surface area contributed by atoms with Crippen LogP contribution < -0.4 is 15.8 Å². The molecule has 3 aromatic rings. The number of carbonyl (C=O) groups excluding carboxylic acids is 1. The SMILES string of the molecule is Cc1[nH]c(C(=O)NCc2ccc(Cl)c(Oc3cc(N)cc(Cl)c3)c2F)c(C)c1C. The Morgan fingerprint density at radius 2 is 1.90 bits per heavy atom. The smallest absolute Gasteiger partial charge is 0.268 e. The molecule has 0 saturated heterocycles. The first kappa shape index (κ1) is 21.0. The van der Waals surface area contributed by atoms with Crippen LogP contribution in [0, 0.1) is 26.6 Å². The van der Waals surface area contributed by atoms with E-state index in [-0.39, 0.29) is 34.5 Å². The summed E-state index contributed by atoms with van der Waals surface area (Å²) in [5, 5.41) is 3.16. The van der Waals surface area contributed by atoms with Gasteiger partial charge in [-0.3, -0.25) is 4.79 Å². The molecule has 2 aromatic carbocycles. The van der Waals surface area contributed by atoms with Crippen LogP contribution in [-0.2, 0) is 6.54 Å². The Balaban J connectivity index is 1.81. The van der Waals surface area contributed by atoms with Gasteiger partial charge in [0.05, 0.1) is 5.02 Å². The topological polar surface area (TPSA) is 80.1 Å². The van der Waals surface area contributed by atoms with Crippen molar-refractivity contribution in [1.82, 2.24) is 10.3 Å². The lowest BCUT2D eigenvalue weighted by atomic mass is 10.1. The highest BCUT2D eigenvalue weighted by Gasteiger charge is 2.18. The minimum absolute atomic E-state index is 0.0353. The van der Waals surface area contributed by atoms with Crippen LogP contribution >= 0.6 is 23.2 Å². The number of amides is 1. The number of nitrogens with one attached hydrogen (secondary N) is 2. The number of rotatable bonds is 5. The third kappa shape index (κ3) is 4.49. The minimum Gasteiger partial charge on any atom is -0.453 e. The van der Waals surface area contributed by atoms with E-state index in [1.807, 2.05) is 20.8 Å². The molecule has 5 nitrogen and oxygen atoms in total. The number of hydrogen-bond acceptors (Lipinski definition) is 3. The molecule has 152 valence electrons. The number of aryl methyl sites for hydroxylation is 1. The largest absolute Gasteiger partial charge is 0.453 e. The number of benzene rings is 2. The van der Waals surface area contributed by atoms with Gasteiger partial charge in [-0.05, 0) is 50.1 Å². The number of anilines is 1. The zero-order valence-corrected chi connectivity index (χ0v) is 17.6. The van der Waals surface area contributed by atoms with E-state index >= 15 is 0 Å². The zero-order chi connectivity index (χ0) is 21.3. The maximum Gasteiger partial charge on any atom is 0.268 e. The van der Waals surface area contributed by atoms with Crippen molar-refractivity contribution in [2.75, 3.05) is 5.73 Å². The van der Waals surface area contributed by atoms with Crippen LogP contribution in [0.4, 0.5) is 10.1 Å². The summed E-state index contributed by atoms with van der Waals surface area (Å²) in [6.45, 7) is 5.65. The number of halogens is 3. The molecule has 0 fully saturated rings. The molecule has 1 amide bonds. The Hall–Kier alpha value is -2.70. The molecule has 0 atom stereocenters. The fraction of sp³-hybridized carbons (Fsp3) is 0.190. The van der Waals surface area contributed by atoms with Gasteiger partial charge >= 0.3 is 0 Å². The molecule has 8 heteroatoms. The highest BCUT2D eigenvalue weighted by atomic mass is 35.5. The van der Waals surface area contributed by atoms with Crippen molar-refractivity contribution < 1.29 is 13.9 Å². The number of ether oxygens (including phenoxy) is 1. The summed E-state index contributed by atoms with van der Waals surface area (Å²) in [5.74, 6) is -0.905. The van der Waals surface area contributed by atoms with Gasteiger partial charge in [-0.25, -0.2) is 4.39 Å². The predicted octanol–water partition coefficient (Wildman–Crippen LogP) is 5.69. The molecule has 1 aromatic heterocycles. The zero-order valence-electron chi connectivity index (χ0n) is 16.1. The number of aromatic amines is 1. The van der Waals surface area contributed by atoms with Gasteiger partial charge in [0.25, 0.3) is 5.91 Å². The van der Waals surface area contributed by atoms with E-state index in [2.05, 4.69) is 10.3 Å². The molecule has 0 saturated carbocycles. The van der Waals surface area contributed by atoms with E-state index in [0.717, 1.165) is 16.8 Å². The van der Waals surface area contributed by atoms with Gasteiger partial charge in [0.1, 0.15) is 11.4 Å². The molecular formula is C21H20Cl2FN3O2. The Morgan fingerprint density at radius 1 is 1.17 bits per heavy atom. The number of H-pyrrole nitrogens is 1. The van der Waals surface area contributed by atoms with Gasteiger partial charge in [0.2, 0.25) is 0 Å². The number of carbonyl (C=O) groups is 1. The van der Waals surface area contributed by atoms with Gasteiger partial charge < -0.3 is 20.8 Å². The second kappa shape index (κ2) is 8.35. The van der Waals surface area contributed by atoms with E-state index in [4.69, 9.17) is 33.7 Å². The first-order valence-electron chi connectivity index (χ1n) is 8.82. The van der Waals surface area contributed by atoms with Gasteiger partial charge in [-0.2, -0.15) is 0 Å². The molecule has 0 aliphatic carbocycles. The molecule has 0 aliphatic rings. The monoisotopic (exact) mass is 435 g/mol. The third-order valence-electron chi connectivity index (χ3n) is 4.72. The van der Waals surface area contributed by atoms with Crippen LogP contribution in [0.25, 0.3) is 0 Å². The second-order valence-electron chi connectivity index (χ2n) is 6.73. The molecule has 29 heavy (non-hydrogen) atoms. The van der Waals surface area contributed by atoms with Crippen LogP contribution in [-0.4, -0.2) is 10.9 Å². The predicted molar refractivity (Wildman–Crippen MR) is 114 cm³/mol. The summed E-state index contributed by atoms with van der Waals surface area (Å²) in [7, 11) is 0. The number of nitrogens with two attached hydrogens (primary N) is 1.